The lowest BCUT2D eigenvalue weighted by molar-refractivity contribution is -0.649. The van der Waals surface area contributed by atoms with Crippen LogP contribution in [0, 0.1) is 20.2 Å². The number of fused-ring (bicyclic) bond motifs is 2. The van der Waals surface area contributed by atoms with Crippen LogP contribution in [0.1, 0.15) is 37.5 Å². The van der Waals surface area contributed by atoms with Gasteiger partial charge >= 0.3 is 6.98 Å². The zero-order valence-electron chi connectivity index (χ0n) is 29.4. The van der Waals surface area contributed by atoms with Crippen LogP contribution in [0.15, 0.2) is 134 Å². The van der Waals surface area contributed by atoms with Crippen LogP contribution in [-0.4, -0.2) is 16.5 Å². The molecule has 246 valence electrons. The summed E-state index contributed by atoms with van der Waals surface area (Å²) in [7, 11) is 2.02. The summed E-state index contributed by atoms with van der Waals surface area (Å²) in [6.45, 7) is 11.0. The van der Waals surface area contributed by atoms with Crippen molar-refractivity contribution in [2.75, 3.05) is 9.62 Å². The Balaban J connectivity index is 1.28. The van der Waals surface area contributed by atoms with Crippen LogP contribution in [0.4, 0.5) is 22.9 Å². The van der Waals surface area contributed by atoms with Gasteiger partial charge in [-0.2, -0.15) is 0 Å². The predicted octanol–water partition coefficient (Wildman–Crippen LogP) is 9.04. The molecule has 0 radical (unpaired) electrons. The number of para-hydroxylation sites is 3. The van der Waals surface area contributed by atoms with Gasteiger partial charge in [0.05, 0.1) is 29.5 Å². The minimum absolute atomic E-state index is 0.135. The Morgan fingerprint density at radius 2 is 1.38 bits per heavy atom. The third-order valence-electron chi connectivity index (χ3n) is 9.66. The first kappa shape index (κ1) is 31.5. The number of aromatic nitrogens is 3. The number of aryl methyl sites for hydroxylation is 3. The van der Waals surface area contributed by atoms with Crippen molar-refractivity contribution < 1.29 is 9.30 Å². The first-order chi connectivity index (χ1) is 24.2. The molecule has 0 bridgehead atoms. The number of pyridine rings is 1. The minimum atomic E-state index is -0.173. The summed E-state index contributed by atoms with van der Waals surface area (Å²) in [4.78, 5) is 9.85. The third-order valence-corrected chi connectivity index (χ3v) is 9.66. The Bertz CT molecular complexity index is 2340. The van der Waals surface area contributed by atoms with Crippen molar-refractivity contribution in [1.29, 1.82) is 0 Å². The quantitative estimate of drug-likeness (QED) is 0.102. The lowest BCUT2D eigenvalue weighted by atomic mass is 9.61. The summed E-state index contributed by atoms with van der Waals surface area (Å²) in [6.07, 6.45) is 5.34. The summed E-state index contributed by atoms with van der Waals surface area (Å²) in [5.74, 6) is 2.43. The van der Waals surface area contributed by atoms with Crippen molar-refractivity contribution in [3.63, 3.8) is 0 Å². The molecular formula is C43H40BN5O. The van der Waals surface area contributed by atoms with E-state index in [4.69, 9.17) is 9.72 Å². The monoisotopic (exact) mass is 653 g/mol. The van der Waals surface area contributed by atoms with Crippen LogP contribution in [0.25, 0.3) is 16.7 Å². The number of hydrogen-bond donors (Lipinski definition) is 0. The van der Waals surface area contributed by atoms with E-state index in [2.05, 4.69) is 164 Å². The Kier molecular flexibility index (Phi) is 7.71. The van der Waals surface area contributed by atoms with Gasteiger partial charge in [-0.1, -0.05) is 105 Å². The maximum absolute atomic E-state index is 6.79. The highest BCUT2D eigenvalue weighted by Crippen LogP contribution is 2.47. The third kappa shape index (κ3) is 5.49. The summed E-state index contributed by atoms with van der Waals surface area (Å²) in [6, 6.07) is 44.6. The molecule has 0 amide bonds. The fourth-order valence-corrected chi connectivity index (χ4v) is 7.18. The topological polar surface area (TPSA) is 37.4 Å². The lowest BCUT2D eigenvalue weighted by Gasteiger charge is -2.32. The number of rotatable bonds is 6. The molecule has 5 aromatic carbocycles. The summed E-state index contributed by atoms with van der Waals surface area (Å²) in [5, 5.41) is 0. The van der Waals surface area contributed by atoms with Gasteiger partial charge in [0.1, 0.15) is 17.3 Å². The van der Waals surface area contributed by atoms with Crippen molar-refractivity contribution >= 4 is 46.4 Å². The van der Waals surface area contributed by atoms with Gasteiger partial charge in [-0.05, 0) is 78.8 Å². The number of nitrogens with zero attached hydrogens (tertiary/aromatic N) is 5. The molecule has 0 N–H and O–H groups in total. The first-order valence-electron chi connectivity index (χ1n) is 17.1. The van der Waals surface area contributed by atoms with Crippen LogP contribution in [0.5, 0.6) is 11.5 Å². The van der Waals surface area contributed by atoms with Crippen molar-refractivity contribution in [2.45, 2.75) is 40.0 Å². The zero-order valence-corrected chi connectivity index (χ0v) is 29.4. The summed E-state index contributed by atoms with van der Waals surface area (Å²) >= 11 is 0. The van der Waals surface area contributed by atoms with Gasteiger partial charge < -0.3 is 23.5 Å². The van der Waals surface area contributed by atoms with Gasteiger partial charge in [-0.3, -0.25) is 0 Å². The van der Waals surface area contributed by atoms with Gasteiger partial charge in [0.2, 0.25) is 6.33 Å². The van der Waals surface area contributed by atoms with Gasteiger partial charge in [0.15, 0.2) is 0 Å². The molecule has 6 nitrogen and oxygen atoms in total. The fraction of sp³-hybridized carbons (Fsp3) is 0.163. The van der Waals surface area contributed by atoms with E-state index in [-0.39, 0.29) is 12.4 Å². The standard InChI is InChI=1S/C43H40BN5O/c1-30-15-12-16-31(2)41(30)44-48(33-17-8-7-9-18-33)40-23-14-24-45-42(40)49(44)35-25-32(43(3,4)5)26-37(28-35)50-36-20-13-19-34(27-36)47-29-46(6)38-21-10-11-22-39(38)47/h7-28H,1-6H3. The molecule has 2 aromatic heterocycles. The number of anilines is 4. The van der Waals surface area contributed by atoms with Crippen LogP contribution in [0.2, 0.25) is 0 Å². The van der Waals surface area contributed by atoms with E-state index in [1.165, 1.54) is 22.2 Å². The molecule has 0 aliphatic carbocycles. The van der Waals surface area contributed by atoms with E-state index >= 15 is 0 Å². The van der Waals surface area contributed by atoms with Crippen molar-refractivity contribution in [1.82, 2.24) is 9.55 Å². The highest BCUT2D eigenvalue weighted by Gasteiger charge is 2.46. The summed E-state index contributed by atoms with van der Waals surface area (Å²) < 4.78 is 10.9. The van der Waals surface area contributed by atoms with Crippen molar-refractivity contribution in [3.05, 3.63) is 157 Å². The molecule has 0 spiro atoms. The van der Waals surface area contributed by atoms with Crippen molar-refractivity contribution in [3.8, 4) is 17.2 Å². The highest BCUT2D eigenvalue weighted by atomic mass is 16.5. The second-order valence-corrected chi connectivity index (χ2v) is 14.1. The van der Waals surface area contributed by atoms with Gasteiger partial charge in [-0.15, -0.1) is 0 Å². The molecule has 0 saturated carbocycles. The molecule has 0 saturated heterocycles. The largest absolute Gasteiger partial charge is 0.458 e. The van der Waals surface area contributed by atoms with Crippen LogP contribution in [0.3, 0.4) is 0 Å². The average Bonchev–Trinajstić information content (AvgIpc) is 3.63. The Labute approximate surface area is 295 Å². The number of imidazole rings is 1. The normalized spacial score (nSPS) is 12.9. The van der Waals surface area contributed by atoms with Gasteiger partial charge in [0.25, 0.3) is 0 Å². The van der Waals surface area contributed by atoms with E-state index in [1.54, 1.807) is 0 Å². The van der Waals surface area contributed by atoms with Crippen molar-refractivity contribution in [2.24, 2.45) is 7.05 Å². The first-order valence-corrected chi connectivity index (χ1v) is 17.1. The molecule has 1 aliphatic heterocycles. The Morgan fingerprint density at radius 1 is 0.680 bits per heavy atom. The molecule has 1 aliphatic rings. The SMILES string of the molecule is Cc1cccc(C)c1B1N(c2ccccc2)c2cccnc2N1c1cc(Oc2cccc(-n3[c-][n+](C)c4ccccc43)c2)cc(C(C)(C)C)c1. The highest BCUT2D eigenvalue weighted by molar-refractivity contribution is 6.85. The number of hydrogen-bond acceptors (Lipinski definition) is 4. The molecule has 0 unspecified atom stereocenters. The molecule has 0 fully saturated rings. The molecule has 7 heteroatoms. The number of benzene rings is 5. The number of ether oxygens (including phenoxy) is 1. The maximum Gasteiger partial charge on any atom is 0.422 e. The predicted molar refractivity (Wildman–Crippen MR) is 205 cm³/mol. The van der Waals surface area contributed by atoms with Gasteiger partial charge in [-0.25, -0.2) is 4.98 Å². The van der Waals surface area contributed by atoms with E-state index < -0.39 is 0 Å². The van der Waals surface area contributed by atoms with Crippen LogP contribution in [-0.2, 0) is 12.5 Å². The van der Waals surface area contributed by atoms with E-state index in [1.807, 2.05) is 36.0 Å². The Morgan fingerprint density at radius 3 is 2.16 bits per heavy atom. The van der Waals surface area contributed by atoms with E-state index in [0.29, 0.717) is 0 Å². The fourth-order valence-electron chi connectivity index (χ4n) is 7.18. The van der Waals surface area contributed by atoms with Crippen LogP contribution < -0.4 is 24.4 Å². The van der Waals surface area contributed by atoms with E-state index in [0.717, 1.165) is 51.1 Å². The molecule has 3 heterocycles. The van der Waals surface area contributed by atoms with E-state index in [9.17, 15) is 0 Å². The molecule has 50 heavy (non-hydrogen) atoms. The molecular weight excluding hydrogens is 613 g/mol. The average molecular weight is 654 g/mol. The summed E-state index contributed by atoms with van der Waals surface area (Å²) in [5.41, 5.74) is 11.1. The van der Waals surface area contributed by atoms with Gasteiger partial charge in [0, 0.05) is 23.6 Å². The zero-order chi connectivity index (χ0) is 34.6. The molecule has 8 rings (SSSR count). The Hall–Kier alpha value is -5.82. The second kappa shape index (κ2) is 12.3. The molecule has 0 atom stereocenters. The molecule has 7 aromatic rings. The lowest BCUT2D eigenvalue weighted by Crippen LogP contribution is -2.55. The second-order valence-electron chi connectivity index (χ2n) is 14.1. The maximum atomic E-state index is 6.79. The smallest absolute Gasteiger partial charge is 0.422 e. The minimum Gasteiger partial charge on any atom is -0.458 e. The van der Waals surface area contributed by atoms with Crippen LogP contribution >= 0.6 is 0 Å².